The van der Waals surface area contributed by atoms with Gasteiger partial charge in [0.25, 0.3) is 5.91 Å². The Labute approximate surface area is 203 Å². The second-order valence-electron chi connectivity index (χ2n) is 8.01. The van der Waals surface area contributed by atoms with Crippen molar-refractivity contribution in [3.63, 3.8) is 0 Å². The molecule has 1 heterocycles. The van der Waals surface area contributed by atoms with Crippen LogP contribution in [0.15, 0.2) is 89.3 Å². The highest BCUT2D eigenvalue weighted by atomic mass is 19.1. The summed E-state index contributed by atoms with van der Waals surface area (Å²) >= 11 is 0. The van der Waals surface area contributed by atoms with Gasteiger partial charge < -0.3 is 19.2 Å². The molecule has 4 rings (SSSR count). The van der Waals surface area contributed by atoms with Crippen LogP contribution in [0.3, 0.4) is 0 Å². The summed E-state index contributed by atoms with van der Waals surface area (Å²) in [5.74, 6) is 1.21. The molecule has 4 aromatic rings. The molecule has 7 heteroatoms. The maximum absolute atomic E-state index is 13.9. The molecule has 0 fully saturated rings. The van der Waals surface area contributed by atoms with Gasteiger partial charge in [0.2, 0.25) is 0 Å². The van der Waals surface area contributed by atoms with Crippen molar-refractivity contribution < 1.29 is 23.1 Å². The van der Waals surface area contributed by atoms with Gasteiger partial charge in [-0.05, 0) is 48.0 Å². The first kappa shape index (κ1) is 24.0. The van der Waals surface area contributed by atoms with Crippen molar-refractivity contribution in [3.05, 3.63) is 113 Å². The Hall–Kier alpha value is -4.10. The Morgan fingerprint density at radius 3 is 2.40 bits per heavy atom. The number of benzene rings is 3. The van der Waals surface area contributed by atoms with E-state index in [2.05, 4.69) is 22.3 Å². The van der Waals surface area contributed by atoms with Gasteiger partial charge in [-0.3, -0.25) is 9.69 Å². The summed E-state index contributed by atoms with van der Waals surface area (Å²) in [5.41, 5.74) is 2.21. The lowest BCUT2D eigenvalue weighted by molar-refractivity contribution is 0.0991. The molecule has 1 aromatic heterocycles. The minimum atomic E-state index is -0.509. The first-order chi connectivity index (χ1) is 17.1. The number of hydrogen-bond donors (Lipinski definition) is 1. The van der Waals surface area contributed by atoms with Crippen molar-refractivity contribution in [1.29, 1.82) is 0 Å². The van der Waals surface area contributed by atoms with Crippen molar-refractivity contribution in [3.8, 4) is 11.5 Å². The van der Waals surface area contributed by atoms with Gasteiger partial charge in [-0.25, -0.2) is 4.39 Å². The number of methoxy groups -OCH3 is 2. The van der Waals surface area contributed by atoms with E-state index in [1.807, 2.05) is 36.4 Å². The van der Waals surface area contributed by atoms with Gasteiger partial charge in [0.1, 0.15) is 23.1 Å². The number of ether oxygens (including phenoxy) is 2. The number of halogens is 1. The van der Waals surface area contributed by atoms with Gasteiger partial charge in [0.15, 0.2) is 5.76 Å². The minimum Gasteiger partial charge on any atom is -0.497 e. The lowest BCUT2D eigenvalue weighted by Crippen LogP contribution is -2.22. The molecule has 0 aliphatic carbocycles. The summed E-state index contributed by atoms with van der Waals surface area (Å²) in [6.07, 6.45) is 0. The molecule has 0 spiro atoms. The fraction of sp³-hybridized carbons (Fsp3) is 0.179. The van der Waals surface area contributed by atoms with Gasteiger partial charge in [-0.1, -0.05) is 42.5 Å². The molecule has 3 aromatic carbocycles. The zero-order chi connectivity index (χ0) is 24.6. The number of furan rings is 1. The standard InChI is InChI=1S/C28H27FN2O4/c1-33-22-12-14-26(34-2)21(16-22)18-31(17-20-8-4-3-5-9-20)19-23-13-15-27(35-23)28(32)30-25-11-7-6-10-24(25)29/h3-16H,17-19H2,1-2H3,(H,30,32). The molecular weight excluding hydrogens is 447 g/mol. The van der Waals surface area contributed by atoms with Crippen molar-refractivity contribution in [1.82, 2.24) is 4.90 Å². The molecule has 6 nitrogen and oxygen atoms in total. The Kier molecular flexibility index (Phi) is 7.80. The average molecular weight is 475 g/mol. The maximum atomic E-state index is 13.9. The number of amides is 1. The fourth-order valence-corrected chi connectivity index (χ4v) is 3.81. The average Bonchev–Trinajstić information content (AvgIpc) is 3.34. The van der Waals surface area contributed by atoms with Crippen molar-refractivity contribution in [2.24, 2.45) is 0 Å². The summed E-state index contributed by atoms with van der Waals surface area (Å²) in [5, 5.41) is 2.55. The van der Waals surface area contributed by atoms with Crippen molar-refractivity contribution in [2.75, 3.05) is 19.5 Å². The normalized spacial score (nSPS) is 10.9. The molecule has 35 heavy (non-hydrogen) atoms. The van der Waals surface area contributed by atoms with Crippen molar-refractivity contribution >= 4 is 11.6 Å². The number of carbonyl (C=O) groups is 1. The molecule has 1 N–H and O–H groups in total. The van der Waals surface area contributed by atoms with Gasteiger partial charge in [-0.15, -0.1) is 0 Å². The summed E-state index contributed by atoms with van der Waals surface area (Å²) in [6.45, 7) is 1.66. The predicted octanol–water partition coefficient (Wildman–Crippen LogP) is 5.89. The number of rotatable bonds is 10. The molecule has 0 radical (unpaired) electrons. The van der Waals surface area contributed by atoms with E-state index in [-0.39, 0.29) is 11.4 Å². The number of nitrogens with one attached hydrogen (secondary N) is 1. The van der Waals surface area contributed by atoms with Crippen LogP contribution in [-0.2, 0) is 19.6 Å². The molecule has 0 atom stereocenters. The Morgan fingerprint density at radius 1 is 0.886 bits per heavy atom. The molecule has 0 unspecified atom stereocenters. The summed E-state index contributed by atoms with van der Waals surface area (Å²) in [6, 6.07) is 25.1. The summed E-state index contributed by atoms with van der Waals surface area (Å²) in [4.78, 5) is 14.8. The van der Waals surface area contributed by atoms with E-state index in [1.165, 1.54) is 12.1 Å². The number of para-hydroxylation sites is 1. The van der Waals surface area contributed by atoms with Crippen LogP contribution in [0.4, 0.5) is 10.1 Å². The Balaban J connectivity index is 1.53. The second-order valence-corrected chi connectivity index (χ2v) is 8.01. The van der Waals surface area contributed by atoms with Gasteiger partial charge in [-0.2, -0.15) is 0 Å². The van der Waals surface area contributed by atoms with E-state index < -0.39 is 11.7 Å². The lowest BCUT2D eigenvalue weighted by Gasteiger charge is -2.23. The topological polar surface area (TPSA) is 63.9 Å². The molecule has 1 amide bonds. The molecule has 180 valence electrons. The summed E-state index contributed by atoms with van der Waals surface area (Å²) < 4.78 is 30.7. The van der Waals surface area contributed by atoms with E-state index in [9.17, 15) is 9.18 Å². The van der Waals surface area contributed by atoms with Crippen LogP contribution in [0, 0.1) is 5.82 Å². The van der Waals surface area contributed by atoms with Crippen LogP contribution in [0.1, 0.15) is 27.4 Å². The van der Waals surface area contributed by atoms with Gasteiger partial charge >= 0.3 is 0 Å². The van der Waals surface area contributed by atoms with Crippen LogP contribution < -0.4 is 14.8 Å². The zero-order valence-electron chi connectivity index (χ0n) is 19.7. The first-order valence-electron chi connectivity index (χ1n) is 11.2. The van der Waals surface area contributed by atoms with Crippen LogP contribution >= 0.6 is 0 Å². The minimum absolute atomic E-state index is 0.103. The first-order valence-corrected chi connectivity index (χ1v) is 11.2. The number of nitrogens with zero attached hydrogens (tertiary/aromatic N) is 1. The molecule has 0 aliphatic heterocycles. The smallest absolute Gasteiger partial charge is 0.291 e. The third kappa shape index (κ3) is 6.28. The highest BCUT2D eigenvalue weighted by Crippen LogP contribution is 2.27. The largest absolute Gasteiger partial charge is 0.497 e. The second kappa shape index (κ2) is 11.4. The van der Waals surface area contributed by atoms with Crippen molar-refractivity contribution in [2.45, 2.75) is 19.6 Å². The summed E-state index contributed by atoms with van der Waals surface area (Å²) in [7, 11) is 3.27. The van der Waals surface area contributed by atoms with Crippen LogP contribution in [0.25, 0.3) is 0 Å². The highest BCUT2D eigenvalue weighted by molar-refractivity contribution is 6.02. The van der Waals surface area contributed by atoms with Crippen LogP contribution in [0.5, 0.6) is 11.5 Å². The predicted molar refractivity (Wildman–Crippen MR) is 132 cm³/mol. The third-order valence-corrected chi connectivity index (χ3v) is 5.52. The SMILES string of the molecule is COc1ccc(OC)c(CN(Cc2ccccc2)Cc2ccc(C(=O)Nc3ccccc3F)o2)c1. The van der Waals surface area contributed by atoms with E-state index in [4.69, 9.17) is 13.9 Å². The van der Waals surface area contributed by atoms with E-state index in [1.54, 1.807) is 38.5 Å². The molecule has 0 saturated heterocycles. The lowest BCUT2D eigenvalue weighted by atomic mass is 10.1. The molecule has 0 bridgehead atoms. The number of carbonyl (C=O) groups excluding carboxylic acids is 1. The Bertz CT molecular complexity index is 1270. The van der Waals surface area contributed by atoms with E-state index in [0.29, 0.717) is 25.4 Å². The molecule has 0 saturated carbocycles. The zero-order valence-corrected chi connectivity index (χ0v) is 19.7. The maximum Gasteiger partial charge on any atom is 0.291 e. The number of hydrogen-bond acceptors (Lipinski definition) is 5. The fourth-order valence-electron chi connectivity index (χ4n) is 3.81. The molecular formula is C28H27FN2O4. The number of anilines is 1. The molecule has 0 aliphatic rings. The van der Waals surface area contributed by atoms with Gasteiger partial charge in [0, 0.05) is 18.7 Å². The quantitative estimate of drug-likeness (QED) is 0.311. The third-order valence-electron chi connectivity index (χ3n) is 5.52. The van der Waals surface area contributed by atoms with E-state index >= 15 is 0 Å². The van der Waals surface area contributed by atoms with Crippen LogP contribution in [-0.4, -0.2) is 25.0 Å². The Morgan fingerprint density at radius 2 is 1.66 bits per heavy atom. The van der Waals surface area contributed by atoms with E-state index in [0.717, 1.165) is 22.6 Å². The van der Waals surface area contributed by atoms with Crippen LogP contribution in [0.2, 0.25) is 0 Å². The highest BCUT2D eigenvalue weighted by Gasteiger charge is 2.17. The van der Waals surface area contributed by atoms with Gasteiger partial charge in [0.05, 0.1) is 26.5 Å². The monoisotopic (exact) mass is 474 g/mol.